The Morgan fingerprint density at radius 3 is 2.40 bits per heavy atom. The number of benzene rings is 2. The monoisotopic (exact) mass is 217 g/mol. The van der Waals surface area contributed by atoms with Gasteiger partial charge in [-0.05, 0) is 43.3 Å². The molecule has 0 heterocycles. The van der Waals surface area contributed by atoms with Gasteiger partial charge in [0.05, 0.1) is 0 Å². The number of halogens is 1. The van der Waals surface area contributed by atoms with Crippen molar-refractivity contribution in [2.75, 3.05) is 0 Å². The molecule has 0 aromatic heterocycles. The van der Waals surface area contributed by atoms with Crippen LogP contribution in [0.25, 0.3) is 0 Å². The van der Waals surface area contributed by atoms with E-state index in [1.165, 1.54) is 17.7 Å². The molecular weight excluding hydrogens is 207 g/mol. The van der Waals surface area contributed by atoms with Gasteiger partial charge in [0.2, 0.25) is 0 Å². The fourth-order valence-electron chi connectivity index (χ4n) is 1.19. The van der Waals surface area contributed by atoms with E-state index in [9.17, 15) is 4.39 Å². The Morgan fingerprint density at radius 1 is 1.07 bits per heavy atom. The Hall–Kier alpha value is -1.28. The topological polar surface area (TPSA) is 0 Å². The Labute approximate surface area is 93.1 Å². The zero-order valence-corrected chi connectivity index (χ0v) is 9.14. The molecule has 0 aliphatic carbocycles. The molecule has 0 saturated heterocycles. The van der Waals surface area contributed by atoms with Crippen LogP contribution in [-0.2, 0) is 0 Å². The van der Waals surface area contributed by atoms with Gasteiger partial charge in [-0.2, -0.15) is 0 Å². The van der Waals surface area contributed by atoms with Crippen molar-refractivity contribution in [3.8, 4) is 0 Å². The summed E-state index contributed by atoms with van der Waals surface area (Å²) in [4.78, 5) is 2.07. The van der Waals surface area contributed by atoms with E-state index in [0.717, 1.165) is 9.79 Å². The van der Waals surface area contributed by atoms with Crippen molar-refractivity contribution >= 4 is 11.8 Å². The standard InChI is InChI=1S/C13H10FS/c1-10-2-6-12(7-3-10)15-13-8-4-11(14)5-9-13/h2-8H,1H3. The first-order valence-electron chi connectivity index (χ1n) is 4.66. The van der Waals surface area contributed by atoms with E-state index in [-0.39, 0.29) is 5.82 Å². The summed E-state index contributed by atoms with van der Waals surface area (Å²) in [5.74, 6) is -0.247. The molecule has 0 saturated carbocycles. The van der Waals surface area contributed by atoms with E-state index in [1.807, 2.05) is 0 Å². The highest BCUT2D eigenvalue weighted by Crippen LogP contribution is 2.27. The van der Waals surface area contributed by atoms with Gasteiger partial charge in [0.25, 0.3) is 0 Å². The predicted molar refractivity (Wildman–Crippen MR) is 60.5 cm³/mol. The summed E-state index contributed by atoms with van der Waals surface area (Å²) in [7, 11) is 0. The van der Waals surface area contributed by atoms with E-state index < -0.39 is 0 Å². The molecule has 2 aromatic carbocycles. The first-order valence-corrected chi connectivity index (χ1v) is 5.47. The maximum atomic E-state index is 12.6. The average molecular weight is 217 g/mol. The summed E-state index contributed by atoms with van der Waals surface area (Å²) >= 11 is 1.58. The van der Waals surface area contributed by atoms with Crippen LogP contribution in [-0.4, -0.2) is 0 Å². The summed E-state index contributed by atoms with van der Waals surface area (Å²) in [5.41, 5.74) is 1.24. The molecule has 1 radical (unpaired) electrons. The second-order valence-corrected chi connectivity index (χ2v) is 4.40. The number of hydrogen-bond donors (Lipinski definition) is 0. The van der Waals surface area contributed by atoms with E-state index in [4.69, 9.17) is 0 Å². The molecule has 0 amide bonds. The minimum absolute atomic E-state index is 0.247. The molecule has 0 bridgehead atoms. The summed E-state index contributed by atoms with van der Waals surface area (Å²) < 4.78 is 12.6. The lowest BCUT2D eigenvalue weighted by atomic mass is 10.2. The number of aryl methyl sites for hydroxylation is 1. The Morgan fingerprint density at radius 2 is 1.80 bits per heavy atom. The molecule has 75 valence electrons. The lowest BCUT2D eigenvalue weighted by molar-refractivity contribution is 0.626. The van der Waals surface area contributed by atoms with Crippen LogP contribution >= 0.6 is 11.8 Å². The van der Waals surface area contributed by atoms with Gasteiger partial charge in [0.1, 0.15) is 5.82 Å². The second kappa shape index (κ2) is 4.49. The fourth-order valence-corrected chi connectivity index (χ4v) is 1.97. The third kappa shape index (κ3) is 2.83. The number of hydrogen-bond acceptors (Lipinski definition) is 1. The van der Waals surface area contributed by atoms with Gasteiger partial charge in [-0.25, -0.2) is 4.39 Å². The largest absolute Gasteiger partial charge is 0.207 e. The molecule has 0 atom stereocenters. The molecular formula is C13H10FS. The maximum Gasteiger partial charge on any atom is 0.123 e. The smallest absolute Gasteiger partial charge is 0.123 e. The van der Waals surface area contributed by atoms with Crippen LogP contribution in [0.4, 0.5) is 4.39 Å². The van der Waals surface area contributed by atoms with Crippen LogP contribution in [0.2, 0.25) is 0 Å². The van der Waals surface area contributed by atoms with Crippen molar-refractivity contribution in [2.45, 2.75) is 16.7 Å². The van der Waals surface area contributed by atoms with Gasteiger partial charge in [0, 0.05) is 9.79 Å². The van der Waals surface area contributed by atoms with Gasteiger partial charge in [0.15, 0.2) is 0 Å². The molecule has 0 spiro atoms. The lowest BCUT2D eigenvalue weighted by Crippen LogP contribution is -1.77. The van der Waals surface area contributed by atoms with Crippen molar-refractivity contribution < 1.29 is 4.39 Å². The quantitative estimate of drug-likeness (QED) is 0.730. The van der Waals surface area contributed by atoms with Crippen LogP contribution in [0.3, 0.4) is 0 Å². The summed E-state index contributed by atoms with van der Waals surface area (Å²) in [6.07, 6.45) is 0. The van der Waals surface area contributed by atoms with Crippen molar-refractivity contribution in [2.24, 2.45) is 0 Å². The zero-order chi connectivity index (χ0) is 10.7. The van der Waals surface area contributed by atoms with Crippen molar-refractivity contribution in [3.05, 3.63) is 59.9 Å². The SMILES string of the molecule is Cc1ccc(Sc2[c]cc(F)cc2)cc1. The second-order valence-electron chi connectivity index (χ2n) is 3.29. The number of rotatable bonds is 2. The van der Waals surface area contributed by atoms with Crippen LogP contribution in [0.1, 0.15) is 5.56 Å². The maximum absolute atomic E-state index is 12.6. The normalized spacial score (nSPS) is 10.3. The average Bonchev–Trinajstić information content (AvgIpc) is 2.25. The van der Waals surface area contributed by atoms with Crippen LogP contribution in [0.5, 0.6) is 0 Å². The predicted octanol–water partition coefficient (Wildman–Crippen LogP) is 4.09. The zero-order valence-electron chi connectivity index (χ0n) is 8.33. The summed E-state index contributed by atoms with van der Waals surface area (Å²) in [6.45, 7) is 2.05. The molecule has 2 aromatic rings. The summed E-state index contributed by atoms with van der Waals surface area (Å²) in [5, 5.41) is 0. The highest BCUT2D eigenvalue weighted by atomic mass is 32.2. The van der Waals surface area contributed by atoms with Gasteiger partial charge >= 0.3 is 0 Å². The lowest BCUT2D eigenvalue weighted by Gasteiger charge is -2.01. The third-order valence-electron chi connectivity index (χ3n) is 2.00. The third-order valence-corrected chi connectivity index (χ3v) is 2.98. The molecule has 2 rings (SSSR count). The molecule has 15 heavy (non-hydrogen) atoms. The van der Waals surface area contributed by atoms with Crippen molar-refractivity contribution in [1.29, 1.82) is 0 Å². The molecule has 0 fully saturated rings. The Balaban J connectivity index is 2.15. The van der Waals surface area contributed by atoms with Crippen LogP contribution in [0.15, 0.2) is 52.3 Å². The molecule has 0 N–H and O–H groups in total. The first kappa shape index (κ1) is 10.2. The first-order chi connectivity index (χ1) is 7.24. The minimum atomic E-state index is -0.247. The Bertz CT molecular complexity index is 388. The minimum Gasteiger partial charge on any atom is -0.207 e. The van der Waals surface area contributed by atoms with Crippen LogP contribution < -0.4 is 0 Å². The molecule has 0 unspecified atom stereocenters. The molecule has 0 aliphatic rings. The highest BCUT2D eigenvalue weighted by Gasteiger charge is 1.97. The highest BCUT2D eigenvalue weighted by molar-refractivity contribution is 7.99. The molecule has 0 aliphatic heterocycles. The van der Waals surface area contributed by atoms with Gasteiger partial charge in [-0.3, -0.25) is 0 Å². The molecule has 2 heteroatoms. The van der Waals surface area contributed by atoms with Gasteiger partial charge < -0.3 is 0 Å². The van der Waals surface area contributed by atoms with Crippen molar-refractivity contribution in [1.82, 2.24) is 0 Å². The molecule has 0 nitrogen and oxygen atoms in total. The summed E-state index contributed by atoms with van der Waals surface area (Å²) in [6, 6.07) is 15.7. The van der Waals surface area contributed by atoms with E-state index in [0.29, 0.717) is 0 Å². The van der Waals surface area contributed by atoms with E-state index in [1.54, 1.807) is 17.8 Å². The van der Waals surface area contributed by atoms with Gasteiger partial charge in [-0.1, -0.05) is 29.5 Å². The van der Waals surface area contributed by atoms with E-state index in [2.05, 4.69) is 37.3 Å². The van der Waals surface area contributed by atoms with E-state index >= 15 is 0 Å². The fraction of sp³-hybridized carbons (Fsp3) is 0.0769. The van der Waals surface area contributed by atoms with Crippen LogP contribution in [0, 0.1) is 18.8 Å². The van der Waals surface area contributed by atoms with Crippen molar-refractivity contribution in [3.63, 3.8) is 0 Å². The van der Waals surface area contributed by atoms with Gasteiger partial charge in [-0.15, -0.1) is 0 Å². The Kier molecular flexibility index (Phi) is 3.07.